The van der Waals surface area contributed by atoms with Crippen molar-refractivity contribution in [2.75, 3.05) is 39.5 Å². The fraction of sp³-hybridized carbons (Fsp3) is 0.846. The molecule has 0 aliphatic carbocycles. The van der Waals surface area contributed by atoms with Gasteiger partial charge in [-0.25, -0.2) is 4.79 Å². The van der Waals surface area contributed by atoms with Gasteiger partial charge in [0.25, 0.3) is 0 Å². The third kappa shape index (κ3) is 3.47. The van der Waals surface area contributed by atoms with Crippen molar-refractivity contribution in [3.63, 3.8) is 0 Å². The molecule has 0 spiro atoms. The van der Waals surface area contributed by atoms with Gasteiger partial charge in [0.15, 0.2) is 6.10 Å². The maximum atomic E-state index is 12.5. The number of hydrogen-bond donors (Lipinski definition) is 2. The van der Waals surface area contributed by atoms with Crippen LogP contribution in [-0.4, -0.2) is 73.5 Å². The number of carbonyl (C=O) groups is 2. The Morgan fingerprint density at radius 3 is 2.90 bits per heavy atom. The van der Waals surface area contributed by atoms with Crippen molar-refractivity contribution >= 4 is 11.9 Å². The molecule has 2 heterocycles. The lowest BCUT2D eigenvalue weighted by atomic mass is 10.0. The van der Waals surface area contributed by atoms with E-state index in [1.807, 2.05) is 0 Å². The van der Waals surface area contributed by atoms with Gasteiger partial charge in [-0.15, -0.1) is 0 Å². The number of nitrogens with one attached hydrogen (secondary N) is 1. The van der Waals surface area contributed by atoms with Crippen LogP contribution in [-0.2, 0) is 19.1 Å². The van der Waals surface area contributed by atoms with E-state index in [1.54, 1.807) is 4.90 Å². The van der Waals surface area contributed by atoms with Crippen LogP contribution in [0, 0.1) is 5.92 Å². The minimum Gasteiger partial charge on any atom is -0.479 e. The molecule has 3 unspecified atom stereocenters. The summed E-state index contributed by atoms with van der Waals surface area (Å²) in [5.74, 6) is -1.29. The van der Waals surface area contributed by atoms with Crippen LogP contribution >= 0.6 is 0 Å². The van der Waals surface area contributed by atoms with Crippen molar-refractivity contribution < 1.29 is 24.2 Å². The molecule has 114 valence electrons. The summed E-state index contributed by atoms with van der Waals surface area (Å²) in [7, 11) is 0. The number of aliphatic carboxylic acids is 1. The molecule has 2 rings (SSSR count). The van der Waals surface area contributed by atoms with Crippen LogP contribution in [0.15, 0.2) is 0 Å². The van der Waals surface area contributed by atoms with Crippen LogP contribution in [0.25, 0.3) is 0 Å². The summed E-state index contributed by atoms with van der Waals surface area (Å²) in [6.45, 7) is 4.67. The van der Waals surface area contributed by atoms with Crippen molar-refractivity contribution in [3.05, 3.63) is 0 Å². The molecule has 2 saturated heterocycles. The summed E-state index contributed by atoms with van der Waals surface area (Å²) < 4.78 is 10.5. The largest absolute Gasteiger partial charge is 0.479 e. The van der Waals surface area contributed by atoms with Gasteiger partial charge in [0.05, 0.1) is 32.3 Å². The van der Waals surface area contributed by atoms with E-state index in [-0.39, 0.29) is 31.0 Å². The molecule has 2 aliphatic heterocycles. The third-order valence-corrected chi connectivity index (χ3v) is 3.71. The molecule has 1 amide bonds. The number of hydrogen-bond acceptors (Lipinski definition) is 5. The molecule has 7 heteroatoms. The summed E-state index contributed by atoms with van der Waals surface area (Å²) in [6, 6.07) is 0.0218. The number of morpholine rings is 1. The lowest BCUT2D eigenvalue weighted by Crippen LogP contribution is -2.53. The normalized spacial score (nSPS) is 30.4. The highest BCUT2D eigenvalue weighted by Crippen LogP contribution is 2.18. The van der Waals surface area contributed by atoms with Crippen LogP contribution in [0.3, 0.4) is 0 Å². The zero-order valence-corrected chi connectivity index (χ0v) is 11.7. The molecule has 0 aromatic carbocycles. The first-order chi connectivity index (χ1) is 9.63. The molecule has 3 atom stereocenters. The Hall–Kier alpha value is -1.18. The highest BCUT2D eigenvalue weighted by Gasteiger charge is 2.38. The molecule has 0 aromatic heterocycles. The maximum Gasteiger partial charge on any atom is 0.334 e. The van der Waals surface area contributed by atoms with E-state index in [4.69, 9.17) is 14.6 Å². The average Bonchev–Trinajstić information content (AvgIpc) is 2.92. The van der Waals surface area contributed by atoms with Crippen LogP contribution < -0.4 is 5.32 Å². The smallest absolute Gasteiger partial charge is 0.334 e. The number of ether oxygens (including phenoxy) is 2. The molecule has 2 fully saturated rings. The van der Waals surface area contributed by atoms with E-state index >= 15 is 0 Å². The van der Waals surface area contributed by atoms with E-state index in [0.717, 1.165) is 13.0 Å². The SMILES string of the molecule is CCCNC1COCC1C(=O)N1CCOC(C(=O)O)C1. The first-order valence-electron chi connectivity index (χ1n) is 7.07. The van der Waals surface area contributed by atoms with Crippen LogP contribution in [0.2, 0.25) is 0 Å². The average molecular weight is 286 g/mol. The number of carboxylic acids is 1. The quantitative estimate of drug-likeness (QED) is 0.696. The molecule has 2 N–H and O–H groups in total. The van der Waals surface area contributed by atoms with E-state index in [0.29, 0.717) is 19.8 Å². The monoisotopic (exact) mass is 286 g/mol. The molecule has 7 nitrogen and oxygen atoms in total. The first-order valence-corrected chi connectivity index (χ1v) is 7.07. The maximum absolute atomic E-state index is 12.5. The summed E-state index contributed by atoms with van der Waals surface area (Å²) >= 11 is 0. The molecule has 0 saturated carbocycles. The van der Waals surface area contributed by atoms with Gasteiger partial charge >= 0.3 is 5.97 Å². The van der Waals surface area contributed by atoms with Gasteiger partial charge in [0, 0.05) is 12.6 Å². The van der Waals surface area contributed by atoms with Gasteiger partial charge in [0.2, 0.25) is 5.91 Å². The summed E-state index contributed by atoms with van der Waals surface area (Å²) in [6.07, 6.45) is 0.0767. The molecular formula is C13H22N2O5. The van der Waals surface area contributed by atoms with Crippen molar-refractivity contribution in [1.82, 2.24) is 10.2 Å². The third-order valence-electron chi connectivity index (χ3n) is 3.71. The Balaban J connectivity index is 1.93. The van der Waals surface area contributed by atoms with Gasteiger partial charge in [0.1, 0.15) is 0 Å². The van der Waals surface area contributed by atoms with Crippen molar-refractivity contribution in [2.45, 2.75) is 25.5 Å². The summed E-state index contributed by atoms with van der Waals surface area (Å²) in [4.78, 5) is 25.0. The van der Waals surface area contributed by atoms with E-state index < -0.39 is 12.1 Å². The predicted octanol–water partition coefficient (Wildman–Crippen LogP) is -0.687. The number of amides is 1. The molecular weight excluding hydrogens is 264 g/mol. The minimum absolute atomic E-state index is 0.0218. The second-order valence-electron chi connectivity index (χ2n) is 5.19. The molecule has 0 aromatic rings. The van der Waals surface area contributed by atoms with Crippen LogP contribution in [0.5, 0.6) is 0 Å². The van der Waals surface area contributed by atoms with Crippen molar-refractivity contribution in [3.8, 4) is 0 Å². The minimum atomic E-state index is -1.02. The molecule has 2 aliphatic rings. The highest BCUT2D eigenvalue weighted by molar-refractivity contribution is 5.81. The van der Waals surface area contributed by atoms with Gasteiger partial charge in [-0.1, -0.05) is 6.92 Å². The second-order valence-corrected chi connectivity index (χ2v) is 5.19. The van der Waals surface area contributed by atoms with E-state index in [9.17, 15) is 9.59 Å². The number of carbonyl (C=O) groups excluding carboxylic acids is 1. The Morgan fingerprint density at radius 1 is 1.40 bits per heavy atom. The van der Waals surface area contributed by atoms with Crippen molar-refractivity contribution in [1.29, 1.82) is 0 Å². The van der Waals surface area contributed by atoms with Gasteiger partial charge in [-0.2, -0.15) is 0 Å². The molecule has 20 heavy (non-hydrogen) atoms. The number of carboxylic acid groups (broad SMARTS) is 1. The number of rotatable bonds is 5. The Bertz CT molecular complexity index is 363. The predicted molar refractivity (Wildman–Crippen MR) is 70.3 cm³/mol. The van der Waals surface area contributed by atoms with Gasteiger partial charge in [-0.05, 0) is 13.0 Å². The second kappa shape index (κ2) is 7.01. The van der Waals surface area contributed by atoms with Crippen LogP contribution in [0.4, 0.5) is 0 Å². The van der Waals surface area contributed by atoms with E-state index in [2.05, 4.69) is 12.2 Å². The van der Waals surface area contributed by atoms with Crippen LogP contribution in [0.1, 0.15) is 13.3 Å². The Labute approximate surface area is 118 Å². The standard InChI is InChI=1S/C13H22N2O5/c1-2-3-14-10-8-19-7-9(10)12(16)15-4-5-20-11(6-15)13(17)18/h9-11,14H,2-8H2,1H3,(H,17,18). The lowest BCUT2D eigenvalue weighted by molar-refractivity contribution is -0.160. The zero-order valence-electron chi connectivity index (χ0n) is 11.7. The van der Waals surface area contributed by atoms with E-state index in [1.165, 1.54) is 0 Å². The van der Waals surface area contributed by atoms with Gasteiger partial charge < -0.3 is 24.8 Å². The Morgan fingerprint density at radius 2 is 2.20 bits per heavy atom. The van der Waals surface area contributed by atoms with Crippen molar-refractivity contribution in [2.24, 2.45) is 5.92 Å². The fourth-order valence-corrected chi connectivity index (χ4v) is 2.56. The Kier molecular flexibility index (Phi) is 5.33. The van der Waals surface area contributed by atoms with Gasteiger partial charge in [-0.3, -0.25) is 4.79 Å². The summed E-state index contributed by atoms with van der Waals surface area (Å²) in [5.41, 5.74) is 0. The first kappa shape index (κ1) is 15.2. The molecule has 0 bridgehead atoms. The highest BCUT2D eigenvalue weighted by atomic mass is 16.5. The fourth-order valence-electron chi connectivity index (χ4n) is 2.56. The number of nitrogens with zero attached hydrogens (tertiary/aromatic N) is 1. The lowest BCUT2D eigenvalue weighted by Gasteiger charge is -2.33. The summed E-state index contributed by atoms with van der Waals surface area (Å²) in [5, 5.41) is 12.3. The molecule has 0 radical (unpaired) electrons. The topological polar surface area (TPSA) is 88.1 Å². The zero-order chi connectivity index (χ0) is 14.5.